The summed E-state index contributed by atoms with van der Waals surface area (Å²) in [7, 11) is 0. The molecule has 0 saturated carbocycles. The van der Waals surface area contributed by atoms with Crippen molar-refractivity contribution < 1.29 is 9.47 Å². The van der Waals surface area contributed by atoms with Crippen molar-refractivity contribution in [3.05, 3.63) is 44.6 Å². The lowest BCUT2D eigenvalue weighted by Crippen LogP contribution is -2.38. The van der Waals surface area contributed by atoms with Crippen LogP contribution in [0.4, 0.5) is 0 Å². The van der Waals surface area contributed by atoms with Crippen LogP contribution in [0.5, 0.6) is 11.5 Å². The van der Waals surface area contributed by atoms with E-state index in [0.29, 0.717) is 12.8 Å². The van der Waals surface area contributed by atoms with E-state index in [1.165, 1.54) is 17.5 Å². The molecular weight excluding hydrogens is 318 g/mol. The molecule has 0 N–H and O–H groups in total. The number of ether oxygens (including phenoxy) is 2. The second-order valence-electron chi connectivity index (χ2n) is 7.60. The molecule has 3 aliphatic heterocycles. The summed E-state index contributed by atoms with van der Waals surface area (Å²) in [4.78, 5) is 5.80. The molecule has 2 aromatic rings. The fraction of sp³-hybridized carbons (Fsp3) is 0.500. The maximum Gasteiger partial charge on any atom is 0.231 e. The van der Waals surface area contributed by atoms with Crippen LogP contribution >= 0.6 is 11.3 Å². The van der Waals surface area contributed by atoms with Crippen molar-refractivity contribution in [1.29, 1.82) is 0 Å². The first kappa shape index (κ1) is 14.8. The van der Waals surface area contributed by atoms with E-state index in [1.807, 2.05) is 11.3 Å². The second-order valence-corrected chi connectivity index (χ2v) is 8.83. The minimum atomic E-state index is 0.361. The maximum absolute atomic E-state index is 5.62. The van der Waals surface area contributed by atoms with Gasteiger partial charge >= 0.3 is 0 Å². The molecule has 4 heterocycles. The Hall–Kier alpha value is -1.52. The third-order valence-electron chi connectivity index (χ3n) is 5.41. The van der Waals surface area contributed by atoms with Gasteiger partial charge in [-0.15, -0.1) is 11.3 Å². The highest BCUT2D eigenvalue weighted by atomic mass is 32.1. The summed E-state index contributed by atoms with van der Waals surface area (Å²) >= 11 is 2.04. The summed E-state index contributed by atoms with van der Waals surface area (Å²) < 4.78 is 11.2. The first-order chi connectivity index (χ1) is 11.7. The zero-order valence-electron chi connectivity index (χ0n) is 14.3. The predicted molar refractivity (Wildman–Crippen MR) is 96.0 cm³/mol. The van der Waals surface area contributed by atoms with Crippen molar-refractivity contribution in [1.82, 2.24) is 4.90 Å². The molecule has 5 rings (SSSR count). The summed E-state index contributed by atoms with van der Waals surface area (Å²) in [6.45, 7) is 7.22. The average molecular weight is 341 g/mol. The minimum absolute atomic E-state index is 0.361. The van der Waals surface area contributed by atoms with Crippen LogP contribution in [0.1, 0.15) is 46.3 Å². The van der Waals surface area contributed by atoms with Crippen LogP contribution in [0.15, 0.2) is 18.2 Å². The lowest BCUT2D eigenvalue weighted by Gasteiger charge is -2.40. The third kappa shape index (κ3) is 2.35. The molecule has 0 aliphatic carbocycles. The lowest BCUT2D eigenvalue weighted by atomic mass is 9.86. The van der Waals surface area contributed by atoms with Gasteiger partial charge < -0.3 is 9.47 Å². The number of benzene rings is 1. The molecule has 3 nitrogen and oxygen atoms in total. The fourth-order valence-electron chi connectivity index (χ4n) is 4.30. The van der Waals surface area contributed by atoms with Gasteiger partial charge in [0.25, 0.3) is 0 Å². The van der Waals surface area contributed by atoms with E-state index in [9.17, 15) is 0 Å². The van der Waals surface area contributed by atoms with Crippen molar-refractivity contribution in [3.8, 4) is 11.5 Å². The van der Waals surface area contributed by atoms with Crippen molar-refractivity contribution in [2.45, 2.75) is 45.7 Å². The Morgan fingerprint density at radius 3 is 2.83 bits per heavy atom. The number of rotatable bonds is 2. The van der Waals surface area contributed by atoms with Crippen LogP contribution in [-0.2, 0) is 25.8 Å². The maximum atomic E-state index is 5.62. The zero-order valence-corrected chi connectivity index (χ0v) is 15.1. The molecule has 0 radical (unpaired) electrons. The van der Waals surface area contributed by atoms with E-state index in [2.05, 4.69) is 36.9 Å². The Balaban J connectivity index is 1.49. The van der Waals surface area contributed by atoms with Crippen molar-refractivity contribution in [3.63, 3.8) is 0 Å². The Kier molecular flexibility index (Phi) is 3.39. The quantitative estimate of drug-likeness (QED) is 0.811. The first-order valence-corrected chi connectivity index (χ1v) is 9.76. The fourth-order valence-corrected chi connectivity index (χ4v) is 5.73. The van der Waals surface area contributed by atoms with Gasteiger partial charge in [0.1, 0.15) is 0 Å². The van der Waals surface area contributed by atoms with Crippen molar-refractivity contribution in [2.75, 3.05) is 13.3 Å². The van der Waals surface area contributed by atoms with Gasteiger partial charge in [0.05, 0.1) is 0 Å². The Morgan fingerprint density at radius 2 is 2.00 bits per heavy atom. The molecule has 0 amide bonds. The molecule has 0 spiro atoms. The molecule has 1 aromatic heterocycles. The van der Waals surface area contributed by atoms with Gasteiger partial charge in [0, 0.05) is 35.3 Å². The van der Waals surface area contributed by atoms with E-state index >= 15 is 0 Å². The molecule has 0 unspecified atom stereocenters. The normalized spacial score (nSPS) is 21.5. The van der Waals surface area contributed by atoms with Crippen molar-refractivity contribution in [2.24, 2.45) is 5.92 Å². The molecule has 0 saturated heterocycles. The highest BCUT2D eigenvalue weighted by Crippen LogP contribution is 2.45. The van der Waals surface area contributed by atoms with Gasteiger partial charge in [0.15, 0.2) is 11.5 Å². The second kappa shape index (κ2) is 5.50. The average Bonchev–Trinajstić information content (AvgIpc) is 3.15. The number of fused-ring (bicyclic) bond motifs is 5. The Morgan fingerprint density at radius 1 is 1.17 bits per heavy atom. The monoisotopic (exact) mass is 341 g/mol. The summed E-state index contributed by atoms with van der Waals surface area (Å²) in [5.74, 6) is 2.58. The Bertz CT molecular complexity index is 795. The molecule has 24 heavy (non-hydrogen) atoms. The third-order valence-corrected chi connectivity index (χ3v) is 6.63. The zero-order chi connectivity index (χ0) is 16.3. The largest absolute Gasteiger partial charge is 0.454 e. The smallest absolute Gasteiger partial charge is 0.231 e. The molecule has 1 atom stereocenters. The van der Waals surface area contributed by atoms with Crippen LogP contribution in [0, 0.1) is 5.92 Å². The topological polar surface area (TPSA) is 21.7 Å². The van der Waals surface area contributed by atoms with E-state index in [1.54, 1.807) is 15.3 Å². The summed E-state index contributed by atoms with van der Waals surface area (Å²) in [6.07, 6.45) is 3.46. The molecule has 3 aliphatic rings. The van der Waals surface area contributed by atoms with E-state index in [-0.39, 0.29) is 0 Å². The van der Waals surface area contributed by atoms with Crippen LogP contribution in [0.3, 0.4) is 0 Å². The summed E-state index contributed by atoms with van der Waals surface area (Å²) in [5.41, 5.74) is 4.47. The van der Waals surface area contributed by atoms with Gasteiger partial charge in [0.2, 0.25) is 6.79 Å². The Labute approximate surface area is 147 Å². The predicted octanol–water partition coefficient (Wildman–Crippen LogP) is 4.33. The molecule has 1 aromatic carbocycles. The minimum Gasteiger partial charge on any atom is -0.454 e. The first-order valence-electron chi connectivity index (χ1n) is 8.94. The SMILES string of the molecule is CC(C)Cc1cc2c(s1)C[C@H]1c3cc4c(cc3CCN1C2)OCO4. The lowest BCUT2D eigenvalue weighted by molar-refractivity contribution is 0.162. The van der Waals surface area contributed by atoms with E-state index < -0.39 is 0 Å². The van der Waals surface area contributed by atoms with Gasteiger partial charge in [-0.2, -0.15) is 0 Å². The van der Waals surface area contributed by atoms with Crippen LogP contribution in [0.25, 0.3) is 0 Å². The molecule has 0 fully saturated rings. The molecule has 126 valence electrons. The molecule has 0 bridgehead atoms. The van der Waals surface area contributed by atoms with E-state index in [4.69, 9.17) is 9.47 Å². The highest BCUT2D eigenvalue weighted by Gasteiger charge is 2.34. The van der Waals surface area contributed by atoms with Gasteiger partial charge in [-0.1, -0.05) is 13.8 Å². The number of nitrogens with zero attached hydrogens (tertiary/aromatic N) is 1. The van der Waals surface area contributed by atoms with Crippen LogP contribution < -0.4 is 9.47 Å². The van der Waals surface area contributed by atoms with Gasteiger partial charge in [-0.3, -0.25) is 4.90 Å². The van der Waals surface area contributed by atoms with Gasteiger partial charge in [-0.25, -0.2) is 0 Å². The number of hydrogen-bond acceptors (Lipinski definition) is 4. The summed E-state index contributed by atoms with van der Waals surface area (Å²) in [5, 5.41) is 0. The standard InChI is InChI=1S/C20H23NO2S/c1-12(2)5-15-6-14-10-21-4-3-13-7-18-19(23-11-22-18)8-16(13)17(21)9-20(14)24-15/h6-8,12,17H,3-5,9-11H2,1-2H3/t17-/m0/s1. The highest BCUT2D eigenvalue weighted by molar-refractivity contribution is 7.12. The molecular formula is C20H23NO2S. The number of thiophene rings is 1. The van der Waals surface area contributed by atoms with Crippen molar-refractivity contribution >= 4 is 11.3 Å². The molecule has 4 heteroatoms. The van der Waals surface area contributed by atoms with Gasteiger partial charge in [-0.05, 0) is 53.6 Å². The van der Waals surface area contributed by atoms with Crippen LogP contribution in [0.2, 0.25) is 0 Å². The number of hydrogen-bond donors (Lipinski definition) is 0. The summed E-state index contributed by atoms with van der Waals surface area (Å²) in [6, 6.07) is 7.41. The van der Waals surface area contributed by atoms with Crippen LogP contribution in [-0.4, -0.2) is 18.2 Å². The van der Waals surface area contributed by atoms with E-state index in [0.717, 1.165) is 43.3 Å².